The monoisotopic (exact) mass is 358 g/mol. The first kappa shape index (κ1) is 16.3. The molecule has 22 heavy (non-hydrogen) atoms. The second-order valence-corrected chi connectivity index (χ2v) is 7.81. The number of hydrogen-bond donors (Lipinski definition) is 0. The van der Waals surface area contributed by atoms with Crippen molar-refractivity contribution >= 4 is 45.8 Å². The molecule has 2 aliphatic rings. The van der Waals surface area contributed by atoms with Crippen molar-refractivity contribution in [1.82, 2.24) is 0 Å². The third-order valence-corrected chi connectivity index (χ3v) is 6.29. The normalized spacial score (nSPS) is 24.8. The third kappa shape index (κ3) is 2.50. The standard InChI is InChI=1S/C17H17Cl3O2/c1-17(11-4-2-3-5-11)8-10-6-9(7-12(18)21)14(19)15(20)13(10)16(17)22/h6,11H,2-5,7-8H2,1H3. The van der Waals surface area contributed by atoms with Gasteiger partial charge < -0.3 is 0 Å². The maximum atomic E-state index is 13.0. The Bertz CT molecular complexity index is 662. The van der Waals surface area contributed by atoms with Crippen LogP contribution in [0, 0.1) is 11.3 Å². The maximum absolute atomic E-state index is 13.0. The van der Waals surface area contributed by atoms with Crippen LogP contribution < -0.4 is 0 Å². The van der Waals surface area contributed by atoms with Gasteiger partial charge in [0.2, 0.25) is 5.24 Å². The first-order chi connectivity index (χ1) is 10.3. The lowest BCUT2D eigenvalue weighted by Crippen LogP contribution is -2.32. The first-order valence-electron chi connectivity index (χ1n) is 7.57. The Balaban J connectivity index is 2.05. The van der Waals surface area contributed by atoms with Crippen molar-refractivity contribution in [3.05, 3.63) is 32.8 Å². The minimum absolute atomic E-state index is 0.0295. The quantitative estimate of drug-likeness (QED) is 0.692. The van der Waals surface area contributed by atoms with Gasteiger partial charge in [0.05, 0.1) is 10.0 Å². The highest BCUT2D eigenvalue weighted by atomic mass is 35.5. The van der Waals surface area contributed by atoms with Crippen LogP contribution in [0.15, 0.2) is 6.07 Å². The van der Waals surface area contributed by atoms with E-state index in [0.717, 1.165) is 18.4 Å². The van der Waals surface area contributed by atoms with E-state index in [0.29, 0.717) is 23.5 Å². The van der Waals surface area contributed by atoms with E-state index in [2.05, 4.69) is 0 Å². The van der Waals surface area contributed by atoms with E-state index in [9.17, 15) is 9.59 Å². The smallest absolute Gasteiger partial charge is 0.226 e. The predicted octanol–water partition coefficient (Wildman–Crippen LogP) is 5.24. The van der Waals surface area contributed by atoms with Crippen LogP contribution in [0.1, 0.15) is 54.1 Å². The van der Waals surface area contributed by atoms with Crippen molar-refractivity contribution in [2.45, 2.75) is 45.4 Å². The van der Waals surface area contributed by atoms with E-state index in [1.54, 1.807) is 0 Å². The molecular weight excluding hydrogens is 343 g/mol. The van der Waals surface area contributed by atoms with Crippen LogP contribution >= 0.6 is 34.8 Å². The van der Waals surface area contributed by atoms with Crippen LogP contribution in [0.4, 0.5) is 0 Å². The summed E-state index contributed by atoms with van der Waals surface area (Å²) in [5, 5.41) is 0.0676. The van der Waals surface area contributed by atoms with E-state index in [1.807, 2.05) is 13.0 Å². The second kappa shape index (κ2) is 5.81. The van der Waals surface area contributed by atoms with Crippen molar-refractivity contribution < 1.29 is 9.59 Å². The van der Waals surface area contributed by atoms with Gasteiger partial charge >= 0.3 is 0 Å². The minimum atomic E-state index is -0.485. The lowest BCUT2D eigenvalue weighted by Gasteiger charge is -2.29. The lowest BCUT2D eigenvalue weighted by molar-refractivity contribution is -0.111. The topological polar surface area (TPSA) is 34.1 Å². The van der Waals surface area contributed by atoms with Crippen molar-refractivity contribution in [2.24, 2.45) is 11.3 Å². The largest absolute Gasteiger partial charge is 0.293 e. The fourth-order valence-electron chi connectivity index (χ4n) is 4.05. The Morgan fingerprint density at radius 2 is 1.91 bits per heavy atom. The molecule has 2 nitrogen and oxygen atoms in total. The Morgan fingerprint density at radius 1 is 1.27 bits per heavy atom. The van der Waals surface area contributed by atoms with Crippen molar-refractivity contribution in [3.8, 4) is 0 Å². The summed E-state index contributed by atoms with van der Waals surface area (Å²) in [6, 6.07) is 1.84. The van der Waals surface area contributed by atoms with Crippen LogP contribution in [-0.2, 0) is 17.6 Å². The highest BCUT2D eigenvalue weighted by Crippen LogP contribution is 2.51. The van der Waals surface area contributed by atoms with Crippen LogP contribution in [0.5, 0.6) is 0 Å². The minimum Gasteiger partial charge on any atom is -0.293 e. The maximum Gasteiger partial charge on any atom is 0.226 e. The number of rotatable bonds is 3. The summed E-state index contributed by atoms with van der Waals surface area (Å²) in [5.74, 6) is 0.505. The molecule has 1 unspecified atom stereocenters. The molecule has 0 N–H and O–H groups in total. The Morgan fingerprint density at radius 3 is 2.50 bits per heavy atom. The molecule has 0 aromatic heterocycles. The number of hydrogen-bond acceptors (Lipinski definition) is 2. The molecule has 118 valence electrons. The average Bonchev–Trinajstić information content (AvgIpc) is 3.05. The summed E-state index contributed by atoms with van der Waals surface area (Å²) in [7, 11) is 0. The number of benzene rings is 1. The molecule has 3 rings (SSSR count). The molecule has 1 atom stereocenters. The fraction of sp³-hybridized carbons (Fsp3) is 0.529. The van der Waals surface area contributed by atoms with Gasteiger partial charge in [-0.2, -0.15) is 0 Å². The van der Waals surface area contributed by atoms with Gasteiger partial charge in [0, 0.05) is 17.4 Å². The van der Waals surface area contributed by atoms with E-state index in [-0.39, 0.29) is 22.2 Å². The Kier molecular flexibility index (Phi) is 4.30. The van der Waals surface area contributed by atoms with Crippen molar-refractivity contribution in [1.29, 1.82) is 0 Å². The zero-order valence-corrected chi connectivity index (χ0v) is 14.6. The highest BCUT2D eigenvalue weighted by molar-refractivity contribution is 6.63. The van der Waals surface area contributed by atoms with E-state index < -0.39 is 10.7 Å². The zero-order chi connectivity index (χ0) is 16.1. The molecule has 0 radical (unpaired) electrons. The second-order valence-electron chi connectivity index (χ2n) is 6.63. The number of halogens is 3. The van der Waals surface area contributed by atoms with Crippen molar-refractivity contribution in [3.63, 3.8) is 0 Å². The molecule has 0 aliphatic heterocycles. The number of carbonyl (C=O) groups excluding carboxylic acids is 2. The molecule has 1 fully saturated rings. The van der Waals surface area contributed by atoms with Gasteiger partial charge in [0.25, 0.3) is 0 Å². The molecular formula is C17H17Cl3O2. The predicted molar refractivity (Wildman–Crippen MR) is 89.1 cm³/mol. The van der Waals surface area contributed by atoms with Gasteiger partial charge in [-0.3, -0.25) is 9.59 Å². The molecule has 5 heteroatoms. The molecule has 1 aromatic carbocycles. The van der Waals surface area contributed by atoms with E-state index in [1.165, 1.54) is 12.8 Å². The zero-order valence-electron chi connectivity index (χ0n) is 12.3. The number of Topliss-reactive ketones (excluding diaryl/α,β-unsaturated/α-hetero) is 1. The molecule has 1 saturated carbocycles. The SMILES string of the molecule is CC1(C2CCCC2)Cc2cc(CC(=O)Cl)c(Cl)c(Cl)c2C1=O. The Labute approximate surface area is 145 Å². The summed E-state index contributed by atoms with van der Waals surface area (Å²) >= 11 is 18.1. The van der Waals surface area contributed by atoms with Crippen LogP contribution in [0.3, 0.4) is 0 Å². The summed E-state index contributed by atoms with van der Waals surface area (Å²) < 4.78 is 0. The molecule has 0 heterocycles. The Hall–Kier alpha value is -0.570. The molecule has 0 bridgehead atoms. The number of fused-ring (bicyclic) bond motifs is 1. The summed E-state index contributed by atoms with van der Waals surface area (Å²) in [6.45, 7) is 2.04. The van der Waals surface area contributed by atoms with Crippen LogP contribution in [-0.4, -0.2) is 11.0 Å². The number of ketones is 1. The fourth-order valence-corrected chi connectivity index (χ4v) is 4.74. The molecule has 0 amide bonds. The summed E-state index contributed by atoms with van der Waals surface area (Å²) in [4.78, 5) is 24.2. The van der Waals surface area contributed by atoms with Gasteiger partial charge in [0.1, 0.15) is 0 Å². The van der Waals surface area contributed by atoms with Gasteiger partial charge in [0.15, 0.2) is 5.78 Å². The lowest BCUT2D eigenvalue weighted by atomic mass is 9.73. The van der Waals surface area contributed by atoms with Crippen molar-refractivity contribution in [2.75, 3.05) is 0 Å². The molecule has 0 saturated heterocycles. The van der Waals surface area contributed by atoms with E-state index in [4.69, 9.17) is 34.8 Å². The first-order valence-corrected chi connectivity index (χ1v) is 8.71. The van der Waals surface area contributed by atoms with Gasteiger partial charge in [-0.05, 0) is 47.9 Å². The summed E-state index contributed by atoms with van der Waals surface area (Å²) in [5.41, 5.74) is 1.66. The van der Waals surface area contributed by atoms with Gasteiger partial charge in [-0.1, -0.05) is 49.0 Å². The van der Waals surface area contributed by atoms with Gasteiger partial charge in [-0.25, -0.2) is 0 Å². The molecule has 2 aliphatic carbocycles. The van der Waals surface area contributed by atoms with Crippen LogP contribution in [0.2, 0.25) is 10.0 Å². The third-order valence-electron chi connectivity index (χ3n) is 5.25. The average molecular weight is 360 g/mol. The van der Waals surface area contributed by atoms with E-state index >= 15 is 0 Å². The van der Waals surface area contributed by atoms with Crippen LogP contribution in [0.25, 0.3) is 0 Å². The van der Waals surface area contributed by atoms with Gasteiger partial charge in [-0.15, -0.1) is 0 Å². The highest BCUT2D eigenvalue weighted by Gasteiger charge is 2.49. The summed E-state index contributed by atoms with van der Waals surface area (Å²) in [6.07, 6.45) is 5.26. The molecule has 1 aromatic rings. The number of carbonyl (C=O) groups is 2. The molecule has 0 spiro atoms.